The number of rotatable bonds is 2. The fourth-order valence-electron chi connectivity index (χ4n) is 1.68. The van der Waals surface area contributed by atoms with Crippen LogP contribution in [0.15, 0.2) is 15.9 Å². The summed E-state index contributed by atoms with van der Waals surface area (Å²) in [5.74, 6) is 0. The highest BCUT2D eigenvalue weighted by Gasteiger charge is 2.13. The van der Waals surface area contributed by atoms with Crippen LogP contribution in [0.3, 0.4) is 0 Å². The van der Waals surface area contributed by atoms with Gasteiger partial charge in [-0.15, -0.1) is 0 Å². The summed E-state index contributed by atoms with van der Waals surface area (Å²) in [7, 11) is 1.59. The number of hydrogen-bond acceptors (Lipinski definition) is 3. The fourth-order valence-corrected chi connectivity index (χ4v) is 1.68. The molecule has 16 heavy (non-hydrogen) atoms. The van der Waals surface area contributed by atoms with E-state index in [0.29, 0.717) is 11.2 Å². The van der Waals surface area contributed by atoms with Crippen molar-refractivity contribution in [2.24, 2.45) is 7.05 Å². The zero-order valence-corrected chi connectivity index (χ0v) is 9.52. The Hall–Kier alpha value is -1.85. The molecule has 0 unspecified atom stereocenters. The molecule has 1 atom stereocenters. The summed E-state index contributed by atoms with van der Waals surface area (Å²) < 4.78 is 3.14. The lowest BCUT2D eigenvalue weighted by atomic mass is 10.2. The summed E-state index contributed by atoms with van der Waals surface area (Å²) in [5.41, 5.74) is 0.0632. The van der Waals surface area contributed by atoms with Crippen molar-refractivity contribution >= 4 is 11.2 Å². The number of fused-ring (bicyclic) bond motifs is 1. The number of imidazole rings is 1. The molecule has 0 aliphatic rings. The van der Waals surface area contributed by atoms with Crippen molar-refractivity contribution < 1.29 is 0 Å². The van der Waals surface area contributed by atoms with Gasteiger partial charge in [0.2, 0.25) is 0 Å². The van der Waals surface area contributed by atoms with E-state index in [0.717, 1.165) is 6.42 Å². The van der Waals surface area contributed by atoms with Gasteiger partial charge in [0.25, 0.3) is 5.56 Å². The van der Waals surface area contributed by atoms with E-state index < -0.39 is 5.69 Å². The maximum atomic E-state index is 11.7. The number of aryl methyl sites for hydroxylation is 1. The highest BCUT2D eigenvalue weighted by molar-refractivity contribution is 5.69. The van der Waals surface area contributed by atoms with Crippen molar-refractivity contribution in [1.82, 2.24) is 19.1 Å². The van der Waals surface area contributed by atoms with Gasteiger partial charge in [-0.05, 0) is 13.3 Å². The Kier molecular flexibility index (Phi) is 2.41. The van der Waals surface area contributed by atoms with Crippen molar-refractivity contribution in [2.45, 2.75) is 26.3 Å². The number of nitrogens with one attached hydrogen (secondary N) is 1. The van der Waals surface area contributed by atoms with E-state index in [1.165, 1.54) is 4.57 Å². The number of aromatic amines is 1. The van der Waals surface area contributed by atoms with Crippen LogP contribution in [0.25, 0.3) is 11.2 Å². The molecule has 0 radical (unpaired) electrons. The number of hydrogen-bond donors (Lipinski definition) is 1. The van der Waals surface area contributed by atoms with E-state index in [1.807, 2.05) is 13.8 Å². The van der Waals surface area contributed by atoms with E-state index in [9.17, 15) is 9.59 Å². The lowest BCUT2D eigenvalue weighted by Gasteiger charge is -2.10. The smallest absolute Gasteiger partial charge is 0.322 e. The van der Waals surface area contributed by atoms with Crippen LogP contribution in [0.1, 0.15) is 26.3 Å². The topological polar surface area (TPSA) is 72.7 Å². The van der Waals surface area contributed by atoms with Gasteiger partial charge in [-0.1, -0.05) is 6.92 Å². The molecule has 0 bridgehead atoms. The predicted octanol–water partition coefficient (Wildman–Crippen LogP) is 0.394. The van der Waals surface area contributed by atoms with Crippen molar-refractivity contribution in [2.75, 3.05) is 0 Å². The second kappa shape index (κ2) is 3.62. The largest absolute Gasteiger partial charge is 0.329 e. The van der Waals surface area contributed by atoms with E-state index >= 15 is 0 Å². The van der Waals surface area contributed by atoms with Gasteiger partial charge in [0.05, 0.1) is 6.33 Å². The zero-order valence-electron chi connectivity index (χ0n) is 9.52. The maximum absolute atomic E-state index is 11.7. The fraction of sp³-hybridized carbons (Fsp3) is 0.500. The Morgan fingerprint density at radius 3 is 2.81 bits per heavy atom. The maximum Gasteiger partial charge on any atom is 0.329 e. The third-order valence-corrected chi connectivity index (χ3v) is 2.90. The van der Waals surface area contributed by atoms with Gasteiger partial charge in [-0.2, -0.15) is 0 Å². The quantitative estimate of drug-likeness (QED) is 0.799. The highest BCUT2D eigenvalue weighted by atomic mass is 16.2. The molecule has 2 heterocycles. The van der Waals surface area contributed by atoms with E-state index in [2.05, 4.69) is 9.97 Å². The Morgan fingerprint density at radius 2 is 2.19 bits per heavy atom. The molecule has 0 spiro atoms. The van der Waals surface area contributed by atoms with Crippen LogP contribution < -0.4 is 11.2 Å². The average Bonchev–Trinajstić information content (AvgIpc) is 2.70. The van der Waals surface area contributed by atoms with Crippen molar-refractivity contribution in [3.63, 3.8) is 0 Å². The van der Waals surface area contributed by atoms with Crippen molar-refractivity contribution in [3.8, 4) is 0 Å². The van der Waals surface area contributed by atoms with Crippen molar-refractivity contribution in [1.29, 1.82) is 0 Å². The molecular formula is C10H14N4O2. The monoisotopic (exact) mass is 222 g/mol. The third kappa shape index (κ3) is 1.37. The molecule has 1 N–H and O–H groups in total. The normalized spacial score (nSPS) is 13.2. The number of aromatic nitrogens is 4. The van der Waals surface area contributed by atoms with Crippen LogP contribution in [0.5, 0.6) is 0 Å². The first kappa shape index (κ1) is 10.7. The van der Waals surface area contributed by atoms with Gasteiger partial charge in [0.15, 0.2) is 11.2 Å². The molecule has 2 rings (SSSR count). The molecule has 2 aromatic heterocycles. The van der Waals surface area contributed by atoms with E-state index in [4.69, 9.17) is 0 Å². The van der Waals surface area contributed by atoms with Gasteiger partial charge < -0.3 is 4.57 Å². The first-order chi connectivity index (χ1) is 7.56. The lowest BCUT2D eigenvalue weighted by Crippen LogP contribution is -2.29. The minimum Gasteiger partial charge on any atom is -0.322 e. The van der Waals surface area contributed by atoms with Crippen LogP contribution in [-0.2, 0) is 7.05 Å². The zero-order chi connectivity index (χ0) is 11.9. The summed E-state index contributed by atoms with van der Waals surface area (Å²) in [6.07, 6.45) is 2.50. The molecule has 0 amide bonds. The summed E-state index contributed by atoms with van der Waals surface area (Å²) in [5, 5.41) is 0. The molecule has 0 fully saturated rings. The Bertz CT molecular complexity index is 634. The minimum absolute atomic E-state index is 0.184. The first-order valence-electron chi connectivity index (χ1n) is 5.22. The molecular weight excluding hydrogens is 208 g/mol. The summed E-state index contributed by atoms with van der Waals surface area (Å²) in [6.45, 7) is 4.04. The number of H-pyrrole nitrogens is 1. The summed E-state index contributed by atoms with van der Waals surface area (Å²) >= 11 is 0. The second-order valence-electron chi connectivity index (χ2n) is 3.90. The second-order valence-corrected chi connectivity index (χ2v) is 3.90. The van der Waals surface area contributed by atoms with Gasteiger partial charge in [-0.3, -0.25) is 14.3 Å². The van der Waals surface area contributed by atoms with Gasteiger partial charge in [-0.25, -0.2) is 9.78 Å². The molecule has 0 aromatic carbocycles. The highest BCUT2D eigenvalue weighted by Crippen LogP contribution is 2.14. The first-order valence-corrected chi connectivity index (χ1v) is 5.22. The van der Waals surface area contributed by atoms with Crippen LogP contribution in [0.4, 0.5) is 0 Å². The standard InChI is InChI=1S/C10H14N4O2/c1-4-6(2)14-5-11-8-7(14)9(15)12-10(16)13(8)3/h5-6H,4H2,1-3H3,(H,12,15,16)/t6-/m0/s1. The molecule has 86 valence electrons. The van der Waals surface area contributed by atoms with Gasteiger partial charge in [0.1, 0.15) is 0 Å². The Balaban J connectivity index is 2.88. The van der Waals surface area contributed by atoms with Gasteiger partial charge in [0, 0.05) is 13.1 Å². The molecule has 6 heteroatoms. The third-order valence-electron chi connectivity index (χ3n) is 2.90. The van der Waals surface area contributed by atoms with Crippen LogP contribution in [0.2, 0.25) is 0 Å². The Labute approximate surface area is 91.5 Å². The van der Waals surface area contributed by atoms with Crippen LogP contribution in [0, 0.1) is 0 Å². The summed E-state index contributed by atoms with van der Waals surface area (Å²) in [4.78, 5) is 29.5. The molecule has 0 aliphatic heterocycles. The lowest BCUT2D eigenvalue weighted by molar-refractivity contribution is 0.543. The molecule has 0 saturated carbocycles. The van der Waals surface area contributed by atoms with Gasteiger partial charge >= 0.3 is 5.69 Å². The SMILES string of the molecule is CC[C@H](C)n1cnc2c1c(=O)[nH]c(=O)n2C. The van der Waals surface area contributed by atoms with E-state index in [1.54, 1.807) is 17.9 Å². The van der Waals surface area contributed by atoms with Crippen molar-refractivity contribution in [3.05, 3.63) is 27.2 Å². The van der Waals surface area contributed by atoms with Crippen LogP contribution >= 0.6 is 0 Å². The Morgan fingerprint density at radius 1 is 1.50 bits per heavy atom. The van der Waals surface area contributed by atoms with E-state index in [-0.39, 0.29) is 11.6 Å². The number of nitrogens with zero attached hydrogens (tertiary/aromatic N) is 3. The average molecular weight is 222 g/mol. The van der Waals surface area contributed by atoms with Crippen LogP contribution in [-0.4, -0.2) is 19.1 Å². The molecule has 0 saturated heterocycles. The molecule has 6 nitrogen and oxygen atoms in total. The minimum atomic E-state index is -0.438. The predicted molar refractivity (Wildman–Crippen MR) is 60.6 cm³/mol. The molecule has 2 aromatic rings. The molecule has 0 aliphatic carbocycles. The summed E-state index contributed by atoms with van der Waals surface area (Å²) in [6, 6.07) is 0.184.